The van der Waals surface area contributed by atoms with Crippen molar-refractivity contribution < 1.29 is 24.2 Å². The largest absolute Gasteiger partial charge is 0.448 e. The highest BCUT2D eigenvalue weighted by Gasteiger charge is 2.44. The van der Waals surface area contributed by atoms with Crippen molar-refractivity contribution in [2.24, 2.45) is 5.41 Å². The molecule has 0 bridgehead atoms. The molecule has 37 heavy (non-hydrogen) atoms. The second kappa shape index (κ2) is 12.2. The maximum atomic E-state index is 13.5. The van der Waals surface area contributed by atoms with Crippen LogP contribution in [0.1, 0.15) is 51.4 Å². The van der Waals surface area contributed by atoms with Gasteiger partial charge in [0.2, 0.25) is 11.8 Å². The summed E-state index contributed by atoms with van der Waals surface area (Å²) in [6, 6.07) is 5.76. The molecule has 4 unspecified atom stereocenters. The fourth-order valence-electron chi connectivity index (χ4n) is 4.31. The molecule has 202 valence electrons. The third kappa shape index (κ3) is 7.21. The molecule has 2 heterocycles. The molecule has 0 spiro atoms. The van der Waals surface area contributed by atoms with Crippen molar-refractivity contribution in [3.05, 3.63) is 41.0 Å². The Morgan fingerprint density at radius 2 is 1.92 bits per heavy atom. The maximum Gasteiger partial charge on any atom is 0.407 e. The first kappa shape index (κ1) is 28.9. The average molecular weight is 551 g/mol. The van der Waals surface area contributed by atoms with E-state index in [0.29, 0.717) is 0 Å². The van der Waals surface area contributed by atoms with Gasteiger partial charge in [0.15, 0.2) is 0 Å². The summed E-state index contributed by atoms with van der Waals surface area (Å²) in [5.74, 6) is -0.686. The topological polar surface area (TPSA) is 121 Å². The van der Waals surface area contributed by atoms with Gasteiger partial charge in [-0.15, -0.1) is 22.9 Å². The van der Waals surface area contributed by atoms with Gasteiger partial charge in [-0.2, -0.15) is 0 Å². The number of carbonyl (C=O) groups excluding carboxylic acids is 3. The number of alkyl halides is 1. The van der Waals surface area contributed by atoms with Crippen LogP contribution in [0.5, 0.6) is 0 Å². The minimum absolute atomic E-state index is 0.000808. The van der Waals surface area contributed by atoms with Crippen LogP contribution in [-0.2, 0) is 14.3 Å². The summed E-state index contributed by atoms with van der Waals surface area (Å²) in [6.45, 7) is 9.26. The highest BCUT2D eigenvalue weighted by Crippen LogP contribution is 2.29. The van der Waals surface area contributed by atoms with Crippen LogP contribution in [0.15, 0.2) is 29.8 Å². The van der Waals surface area contributed by atoms with E-state index in [1.807, 2.05) is 43.6 Å². The molecule has 9 nitrogen and oxygen atoms in total. The van der Waals surface area contributed by atoms with E-state index in [1.54, 1.807) is 32.1 Å². The zero-order chi connectivity index (χ0) is 27.3. The van der Waals surface area contributed by atoms with E-state index >= 15 is 0 Å². The van der Waals surface area contributed by atoms with E-state index in [0.717, 1.165) is 21.7 Å². The number of β-amino-alcohol motifs (C(OH)–C–C–N with tert-alkyl or cyclic N) is 1. The van der Waals surface area contributed by atoms with Crippen molar-refractivity contribution in [1.82, 2.24) is 20.5 Å². The maximum absolute atomic E-state index is 13.5. The molecule has 0 saturated carbocycles. The van der Waals surface area contributed by atoms with Crippen molar-refractivity contribution in [3.8, 4) is 10.4 Å². The smallest absolute Gasteiger partial charge is 0.407 e. The number of carbonyl (C=O) groups is 3. The number of aromatic nitrogens is 1. The van der Waals surface area contributed by atoms with Crippen LogP contribution in [-0.4, -0.2) is 70.1 Å². The lowest BCUT2D eigenvalue weighted by molar-refractivity contribution is -0.142. The van der Waals surface area contributed by atoms with Crippen LogP contribution in [0, 0.1) is 12.3 Å². The highest BCUT2D eigenvalue weighted by atomic mass is 35.5. The van der Waals surface area contributed by atoms with E-state index in [2.05, 4.69) is 15.6 Å². The lowest BCUT2D eigenvalue weighted by Crippen LogP contribution is -2.58. The van der Waals surface area contributed by atoms with Gasteiger partial charge in [-0.05, 0) is 30.4 Å². The number of aliphatic hydroxyl groups is 1. The standard InChI is InChI=1S/C26H35ClN4O5S/c1-15(17-6-8-18(9-7-17)21-16(2)28-14-37-21)29-23(33)20-12-19(32)13-31(20)24(34)22(26(3,4)5)30-25(35)36-11-10-27/h6-9,14-15,19-20,22,32H,10-13H2,1-5H3,(H,29,33)(H,30,35). The summed E-state index contributed by atoms with van der Waals surface area (Å²) < 4.78 is 4.98. The molecule has 1 aromatic heterocycles. The number of aliphatic hydroxyl groups excluding tert-OH is 1. The third-order valence-electron chi connectivity index (χ3n) is 6.33. The number of hydrogen-bond donors (Lipinski definition) is 3. The molecule has 3 amide bonds. The molecule has 0 aliphatic carbocycles. The van der Waals surface area contributed by atoms with Crippen LogP contribution < -0.4 is 10.6 Å². The number of amides is 3. The number of alkyl carbamates (subject to hydrolysis) is 1. The lowest BCUT2D eigenvalue weighted by Gasteiger charge is -2.35. The Morgan fingerprint density at radius 1 is 1.24 bits per heavy atom. The Hall–Kier alpha value is -2.69. The number of aryl methyl sites for hydroxylation is 1. The highest BCUT2D eigenvalue weighted by molar-refractivity contribution is 7.13. The summed E-state index contributed by atoms with van der Waals surface area (Å²) in [7, 11) is 0. The average Bonchev–Trinajstić information content (AvgIpc) is 3.45. The fraction of sp³-hybridized carbons (Fsp3) is 0.538. The zero-order valence-corrected chi connectivity index (χ0v) is 23.4. The number of halogens is 1. The molecule has 2 aromatic rings. The molecule has 1 aromatic carbocycles. The van der Waals surface area contributed by atoms with Crippen LogP contribution in [0.2, 0.25) is 0 Å². The van der Waals surface area contributed by atoms with Crippen molar-refractivity contribution in [2.45, 2.75) is 65.3 Å². The Balaban J connectivity index is 1.71. The van der Waals surface area contributed by atoms with E-state index in [-0.39, 0.29) is 37.4 Å². The van der Waals surface area contributed by atoms with E-state index in [4.69, 9.17) is 16.3 Å². The number of benzene rings is 1. The Kier molecular flexibility index (Phi) is 9.55. The van der Waals surface area contributed by atoms with E-state index in [9.17, 15) is 19.5 Å². The van der Waals surface area contributed by atoms with Crippen molar-refractivity contribution >= 4 is 40.8 Å². The summed E-state index contributed by atoms with van der Waals surface area (Å²) in [5.41, 5.74) is 4.08. The van der Waals surface area contributed by atoms with Crippen LogP contribution in [0.4, 0.5) is 4.79 Å². The van der Waals surface area contributed by atoms with Crippen molar-refractivity contribution in [1.29, 1.82) is 0 Å². The Morgan fingerprint density at radius 3 is 2.49 bits per heavy atom. The lowest BCUT2D eigenvalue weighted by atomic mass is 9.85. The number of hydrogen-bond acceptors (Lipinski definition) is 7. The number of likely N-dealkylation sites (tertiary alicyclic amines) is 1. The third-order valence-corrected chi connectivity index (χ3v) is 7.46. The number of thiazole rings is 1. The number of nitrogens with zero attached hydrogens (tertiary/aromatic N) is 2. The molecule has 1 saturated heterocycles. The minimum Gasteiger partial charge on any atom is -0.448 e. The van der Waals surface area contributed by atoms with Gasteiger partial charge in [0.1, 0.15) is 18.7 Å². The second-order valence-electron chi connectivity index (χ2n) is 10.3. The van der Waals surface area contributed by atoms with Gasteiger partial charge in [0, 0.05) is 13.0 Å². The molecule has 3 N–H and O–H groups in total. The predicted octanol–water partition coefficient (Wildman–Crippen LogP) is 3.64. The van der Waals surface area contributed by atoms with Gasteiger partial charge in [-0.3, -0.25) is 9.59 Å². The molecule has 0 radical (unpaired) electrons. The predicted molar refractivity (Wildman–Crippen MR) is 143 cm³/mol. The van der Waals surface area contributed by atoms with E-state index < -0.39 is 35.6 Å². The van der Waals surface area contributed by atoms with Crippen LogP contribution in [0.25, 0.3) is 10.4 Å². The van der Waals surface area contributed by atoms with Gasteiger partial charge in [-0.1, -0.05) is 45.0 Å². The molecule has 1 aliphatic rings. The first-order valence-electron chi connectivity index (χ1n) is 12.2. The summed E-state index contributed by atoms with van der Waals surface area (Å²) in [6.07, 6.45) is -1.50. The van der Waals surface area contributed by atoms with Gasteiger partial charge >= 0.3 is 6.09 Å². The molecular formula is C26H35ClN4O5S. The number of rotatable bonds is 8. The summed E-state index contributed by atoms with van der Waals surface area (Å²) in [4.78, 5) is 45.7. The molecule has 4 atom stereocenters. The van der Waals surface area contributed by atoms with Crippen LogP contribution in [0.3, 0.4) is 0 Å². The Labute approximate surface area is 226 Å². The fourth-order valence-corrected chi connectivity index (χ4v) is 5.20. The first-order chi connectivity index (χ1) is 17.4. The Bertz CT molecular complexity index is 1100. The van der Waals surface area contributed by atoms with Gasteiger partial charge in [-0.25, -0.2) is 9.78 Å². The first-order valence-corrected chi connectivity index (χ1v) is 13.6. The monoisotopic (exact) mass is 550 g/mol. The molecule has 11 heteroatoms. The normalized spacial score (nSPS) is 19.3. The number of nitrogens with one attached hydrogen (secondary N) is 2. The second-order valence-corrected chi connectivity index (χ2v) is 11.5. The molecule has 1 aliphatic heterocycles. The van der Waals surface area contributed by atoms with Crippen molar-refractivity contribution in [2.75, 3.05) is 19.0 Å². The zero-order valence-electron chi connectivity index (χ0n) is 21.8. The number of ether oxygens (including phenoxy) is 1. The van der Waals surface area contributed by atoms with Gasteiger partial charge in [0.05, 0.1) is 34.1 Å². The minimum atomic E-state index is -0.962. The molecular weight excluding hydrogens is 516 g/mol. The van der Waals surface area contributed by atoms with Gasteiger partial charge in [0.25, 0.3) is 0 Å². The quantitative estimate of drug-likeness (QED) is 0.432. The summed E-state index contributed by atoms with van der Waals surface area (Å²) >= 11 is 7.15. The SMILES string of the molecule is Cc1ncsc1-c1ccc(C(C)NC(=O)C2CC(O)CN2C(=O)C(NC(=O)OCCCl)C(C)(C)C)cc1. The van der Waals surface area contributed by atoms with Crippen LogP contribution >= 0.6 is 22.9 Å². The molecule has 1 fully saturated rings. The van der Waals surface area contributed by atoms with Gasteiger partial charge < -0.3 is 25.4 Å². The molecule has 3 rings (SSSR count). The summed E-state index contributed by atoms with van der Waals surface area (Å²) in [5, 5.41) is 15.9. The van der Waals surface area contributed by atoms with Crippen molar-refractivity contribution in [3.63, 3.8) is 0 Å². The van der Waals surface area contributed by atoms with E-state index in [1.165, 1.54) is 4.90 Å².